The van der Waals surface area contributed by atoms with Gasteiger partial charge in [-0.1, -0.05) is 0 Å². The van der Waals surface area contributed by atoms with Crippen molar-refractivity contribution < 1.29 is 13.9 Å². The molecule has 90 valence electrons. The van der Waals surface area contributed by atoms with Crippen LogP contribution in [0.15, 0.2) is 16.9 Å². The molecule has 0 bridgehead atoms. The molecule has 0 aromatic carbocycles. The SMILES string of the molecule is CCOC(=O)c1nc(-c2cncn2C)oc1N. The van der Waals surface area contributed by atoms with E-state index in [4.69, 9.17) is 14.9 Å². The van der Waals surface area contributed by atoms with Gasteiger partial charge in [0.25, 0.3) is 0 Å². The predicted octanol–water partition coefficient (Wildman–Crippen LogP) is 0.834. The van der Waals surface area contributed by atoms with Gasteiger partial charge in [-0.25, -0.2) is 9.78 Å². The van der Waals surface area contributed by atoms with Gasteiger partial charge < -0.3 is 19.5 Å². The molecule has 0 fully saturated rings. The topological polar surface area (TPSA) is 96.2 Å². The molecule has 0 saturated carbocycles. The summed E-state index contributed by atoms with van der Waals surface area (Å²) < 4.78 is 11.7. The van der Waals surface area contributed by atoms with Gasteiger partial charge in [-0.15, -0.1) is 0 Å². The van der Waals surface area contributed by atoms with E-state index in [0.29, 0.717) is 5.69 Å². The van der Waals surface area contributed by atoms with E-state index in [1.54, 1.807) is 31.1 Å². The van der Waals surface area contributed by atoms with Gasteiger partial charge in [0.05, 0.1) is 19.1 Å². The van der Waals surface area contributed by atoms with Crippen molar-refractivity contribution in [2.24, 2.45) is 7.05 Å². The first-order valence-electron chi connectivity index (χ1n) is 5.03. The van der Waals surface area contributed by atoms with E-state index < -0.39 is 5.97 Å². The third kappa shape index (κ3) is 1.99. The van der Waals surface area contributed by atoms with Crippen molar-refractivity contribution in [1.82, 2.24) is 14.5 Å². The maximum absolute atomic E-state index is 11.5. The molecule has 2 heterocycles. The van der Waals surface area contributed by atoms with Crippen molar-refractivity contribution in [3.63, 3.8) is 0 Å². The van der Waals surface area contributed by atoms with Crippen molar-refractivity contribution in [3.8, 4) is 11.6 Å². The molecule has 2 aromatic heterocycles. The molecule has 0 atom stereocenters. The van der Waals surface area contributed by atoms with Gasteiger partial charge in [0.1, 0.15) is 5.69 Å². The lowest BCUT2D eigenvalue weighted by molar-refractivity contribution is 0.0521. The summed E-state index contributed by atoms with van der Waals surface area (Å²) in [5.41, 5.74) is 6.19. The Bertz CT molecular complexity index is 543. The minimum absolute atomic E-state index is 0.0111. The fraction of sp³-hybridized carbons (Fsp3) is 0.300. The molecule has 0 spiro atoms. The Morgan fingerprint density at radius 2 is 2.41 bits per heavy atom. The number of hydrogen-bond donors (Lipinski definition) is 1. The van der Waals surface area contributed by atoms with Gasteiger partial charge in [-0.05, 0) is 6.92 Å². The number of ether oxygens (including phenoxy) is 1. The van der Waals surface area contributed by atoms with E-state index in [-0.39, 0.29) is 24.1 Å². The third-order valence-electron chi connectivity index (χ3n) is 2.16. The average Bonchev–Trinajstić information content (AvgIpc) is 2.84. The first-order chi connectivity index (χ1) is 8.13. The minimum Gasteiger partial charge on any atom is -0.461 e. The van der Waals surface area contributed by atoms with Crippen molar-refractivity contribution in [2.75, 3.05) is 12.3 Å². The van der Waals surface area contributed by atoms with Gasteiger partial charge in [-0.3, -0.25) is 0 Å². The van der Waals surface area contributed by atoms with Crippen molar-refractivity contribution in [3.05, 3.63) is 18.2 Å². The lowest BCUT2D eigenvalue weighted by atomic mass is 10.4. The van der Waals surface area contributed by atoms with Gasteiger partial charge in [-0.2, -0.15) is 4.98 Å². The fourth-order valence-electron chi connectivity index (χ4n) is 1.35. The Hall–Kier alpha value is -2.31. The Morgan fingerprint density at radius 3 is 3.00 bits per heavy atom. The Labute approximate surface area is 97.2 Å². The zero-order valence-corrected chi connectivity index (χ0v) is 9.51. The van der Waals surface area contributed by atoms with Crippen molar-refractivity contribution >= 4 is 11.9 Å². The summed E-state index contributed by atoms with van der Waals surface area (Å²) in [4.78, 5) is 19.4. The quantitative estimate of drug-likeness (QED) is 0.793. The van der Waals surface area contributed by atoms with Gasteiger partial charge in [0.2, 0.25) is 17.5 Å². The highest BCUT2D eigenvalue weighted by molar-refractivity contribution is 5.92. The number of esters is 1. The molecule has 0 aliphatic heterocycles. The van der Waals surface area contributed by atoms with E-state index in [9.17, 15) is 4.79 Å². The normalized spacial score (nSPS) is 10.5. The van der Waals surface area contributed by atoms with Crippen LogP contribution in [-0.4, -0.2) is 27.1 Å². The highest BCUT2D eigenvalue weighted by Gasteiger charge is 2.21. The molecular formula is C10H12N4O3. The van der Waals surface area contributed by atoms with Crippen LogP contribution < -0.4 is 5.73 Å². The second kappa shape index (κ2) is 4.28. The number of nitrogens with two attached hydrogens (primary N) is 1. The Morgan fingerprint density at radius 1 is 1.65 bits per heavy atom. The summed E-state index contributed by atoms with van der Waals surface area (Å²) in [5.74, 6) is -0.410. The number of imidazole rings is 1. The van der Waals surface area contributed by atoms with E-state index in [0.717, 1.165) is 0 Å². The molecule has 0 saturated heterocycles. The number of nitrogens with zero attached hydrogens (tertiary/aromatic N) is 3. The van der Waals surface area contributed by atoms with Gasteiger partial charge in [0.15, 0.2) is 0 Å². The van der Waals surface area contributed by atoms with Crippen LogP contribution >= 0.6 is 0 Å². The van der Waals surface area contributed by atoms with Crippen LogP contribution in [0.4, 0.5) is 5.88 Å². The highest BCUT2D eigenvalue weighted by atomic mass is 16.5. The van der Waals surface area contributed by atoms with Crippen LogP contribution in [0.25, 0.3) is 11.6 Å². The summed E-state index contributed by atoms with van der Waals surface area (Å²) in [6, 6.07) is 0. The monoisotopic (exact) mass is 236 g/mol. The van der Waals surface area contributed by atoms with E-state index >= 15 is 0 Å². The van der Waals surface area contributed by atoms with Crippen molar-refractivity contribution in [1.29, 1.82) is 0 Å². The number of aromatic nitrogens is 3. The second-order valence-corrected chi connectivity index (χ2v) is 3.34. The summed E-state index contributed by atoms with van der Waals surface area (Å²) in [7, 11) is 1.78. The molecular weight excluding hydrogens is 224 g/mol. The first kappa shape index (κ1) is 11.2. The zero-order valence-electron chi connectivity index (χ0n) is 9.51. The lowest BCUT2D eigenvalue weighted by Gasteiger charge is -1.96. The lowest BCUT2D eigenvalue weighted by Crippen LogP contribution is -2.07. The predicted molar refractivity (Wildman–Crippen MR) is 59.1 cm³/mol. The first-order valence-corrected chi connectivity index (χ1v) is 5.03. The number of hydrogen-bond acceptors (Lipinski definition) is 6. The van der Waals surface area contributed by atoms with Crippen LogP contribution in [0.1, 0.15) is 17.4 Å². The molecule has 0 aliphatic rings. The van der Waals surface area contributed by atoms with E-state index in [2.05, 4.69) is 9.97 Å². The minimum atomic E-state index is -0.595. The summed E-state index contributed by atoms with van der Waals surface area (Å²) in [6.45, 7) is 1.96. The Balaban J connectivity index is 2.37. The average molecular weight is 236 g/mol. The van der Waals surface area contributed by atoms with Crippen LogP contribution in [0.5, 0.6) is 0 Å². The molecule has 17 heavy (non-hydrogen) atoms. The smallest absolute Gasteiger partial charge is 0.362 e. The standard InChI is InChI=1S/C10H12N4O3/c1-3-16-10(15)7-8(11)17-9(13-7)6-4-12-5-14(6)2/h4-5H,3,11H2,1-2H3. The Kier molecular flexibility index (Phi) is 2.82. The number of anilines is 1. The molecule has 0 aliphatic carbocycles. The van der Waals surface area contributed by atoms with Crippen LogP contribution in [-0.2, 0) is 11.8 Å². The number of aryl methyl sites for hydroxylation is 1. The van der Waals surface area contributed by atoms with Gasteiger partial charge in [0, 0.05) is 7.05 Å². The highest BCUT2D eigenvalue weighted by Crippen LogP contribution is 2.23. The molecule has 2 rings (SSSR count). The third-order valence-corrected chi connectivity index (χ3v) is 2.16. The molecule has 2 aromatic rings. The summed E-state index contributed by atoms with van der Waals surface area (Å²) in [6.07, 6.45) is 3.17. The van der Waals surface area contributed by atoms with Crippen LogP contribution in [0.3, 0.4) is 0 Å². The molecule has 2 N–H and O–H groups in total. The van der Waals surface area contributed by atoms with Crippen LogP contribution in [0, 0.1) is 0 Å². The number of rotatable bonds is 3. The second-order valence-electron chi connectivity index (χ2n) is 3.34. The number of carbonyl (C=O) groups is 1. The maximum atomic E-state index is 11.5. The molecule has 7 heteroatoms. The van der Waals surface area contributed by atoms with E-state index in [1.807, 2.05) is 0 Å². The fourth-order valence-corrected chi connectivity index (χ4v) is 1.35. The zero-order chi connectivity index (χ0) is 12.4. The summed E-state index contributed by atoms with van der Waals surface area (Å²) in [5, 5.41) is 0. The maximum Gasteiger partial charge on any atom is 0.362 e. The van der Waals surface area contributed by atoms with E-state index in [1.165, 1.54) is 0 Å². The summed E-state index contributed by atoms with van der Waals surface area (Å²) >= 11 is 0. The van der Waals surface area contributed by atoms with Crippen LogP contribution in [0.2, 0.25) is 0 Å². The molecule has 0 radical (unpaired) electrons. The molecule has 7 nitrogen and oxygen atoms in total. The molecule has 0 unspecified atom stereocenters. The molecule has 0 amide bonds. The largest absolute Gasteiger partial charge is 0.461 e. The number of carbonyl (C=O) groups excluding carboxylic acids is 1. The van der Waals surface area contributed by atoms with Gasteiger partial charge >= 0.3 is 5.97 Å². The van der Waals surface area contributed by atoms with Crippen molar-refractivity contribution in [2.45, 2.75) is 6.92 Å². The number of oxazole rings is 1. The number of nitrogen functional groups attached to an aromatic ring is 1.